The predicted octanol–water partition coefficient (Wildman–Crippen LogP) is 4.75. The lowest BCUT2D eigenvalue weighted by Gasteiger charge is -2.50. The van der Waals surface area contributed by atoms with Gasteiger partial charge in [-0.15, -0.1) is 0 Å². The van der Waals surface area contributed by atoms with Crippen LogP contribution >= 0.6 is 0 Å². The van der Waals surface area contributed by atoms with E-state index in [9.17, 15) is 5.11 Å². The van der Waals surface area contributed by atoms with Crippen molar-refractivity contribution in [1.82, 2.24) is 4.90 Å². The molecule has 2 bridgehead atoms. The molecule has 0 amide bonds. The average Bonchev–Trinajstić information content (AvgIpc) is 3.22. The van der Waals surface area contributed by atoms with Crippen molar-refractivity contribution in [2.75, 3.05) is 7.05 Å². The van der Waals surface area contributed by atoms with Crippen LogP contribution in [0.15, 0.2) is 0 Å². The quantitative estimate of drug-likeness (QED) is 0.808. The second-order valence-electron chi connectivity index (χ2n) is 9.40. The number of rotatable bonds is 4. The summed E-state index contributed by atoms with van der Waals surface area (Å²) in [4.78, 5) is 2.67. The molecule has 2 heterocycles. The van der Waals surface area contributed by atoms with Gasteiger partial charge in [0.15, 0.2) is 0 Å². The van der Waals surface area contributed by atoms with Crippen molar-refractivity contribution >= 4 is 0 Å². The van der Waals surface area contributed by atoms with E-state index in [2.05, 4.69) is 11.9 Å². The first kappa shape index (κ1) is 16.4. The third kappa shape index (κ3) is 3.11. The summed E-state index contributed by atoms with van der Waals surface area (Å²) in [5.41, 5.74) is -0.318. The van der Waals surface area contributed by atoms with Crippen LogP contribution in [0.25, 0.3) is 0 Å². The van der Waals surface area contributed by atoms with Crippen LogP contribution in [-0.4, -0.2) is 34.7 Å². The first-order chi connectivity index (χ1) is 11.2. The molecule has 0 aromatic heterocycles. The number of aliphatic hydroxyl groups is 1. The standard InChI is InChI=1S/C21H37NO/c1-22-19-11-6-12-20(22)14-16(13-19)15-21(23,17-7-2-3-8-17)18-9-4-5-10-18/h16-20,23H,2-15H2,1H3/t16-,19+,20-. The summed E-state index contributed by atoms with van der Waals surface area (Å²) in [7, 11) is 2.35. The fourth-order valence-electron chi connectivity index (χ4n) is 6.88. The van der Waals surface area contributed by atoms with Gasteiger partial charge in [-0.25, -0.2) is 0 Å². The molecular formula is C21H37NO. The first-order valence-corrected chi connectivity index (χ1v) is 10.6. The second kappa shape index (κ2) is 6.67. The van der Waals surface area contributed by atoms with Gasteiger partial charge in [-0.1, -0.05) is 32.1 Å². The molecule has 0 unspecified atom stereocenters. The molecule has 0 aromatic rings. The number of hydrogen-bond donors (Lipinski definition) is 1. The second-order valence-corrected chi connectivity index (χ2v) is 9.40. The Bertz CT molecular complexity index is 367. The summed E-state index contributed by atoms with van der Waals surface area (Å²) in [6.45, 7) is 0. The number of hydrogen-bond acceptors (Lipinski definition) is 2. The summed E-state index contributed by atoms with van der Waals surface area (Å²) in [6, 6.07) is 1.62. The highest BCUT2D eigenvalue weighted by Gasteiger charge is 2.48. The molecule has 2 aliphatic heterocycles. The minimum Gasteiger partial charge on any atom is -0.389 e. The molecule has 0 radical (unpaired) electrons. The monoisotopic (exact) mass is 319 g/mol. The van der Waals surface area contributed by atoms with Gasteiger partial charge in [-0.3, -0.25) is 0 Å². The van der Waals surface area contributed by atoms with E-state index in [1.165, 1.54) is 83.5 Å². The Morgan fingerprint density at radius 3 is 1.74 bits per heavy atom. The van der Waals surface area contributed by atoms with Crippen LogP contribution in [0.3, 0.4) is 0 Å². The minimum atomic E-state index is -0.318. The van der Waals surface area contributed by atoms with E-state index in [-0.39, 0.29) is 5.60 Å². The molecule has 4 aliphatic rings. The molecule has 2 aliphatic carbocycles. The van der Waals surface area contributed by atoms with Crippen molar-refractivity contribution in [3.63, 3.8) is 0 Å². The van der Waals surface area contributed by atoms with E-state index < -0.39 is 0 Å². The highest BCUT2D eigenvalue weighted by molar-refractivity contribution is 5.00. The Morgan fingerprint density at radius 2 is 1.26 bits per heavy atom. The summed E-state index contributed by atoms with van der Waals surface area (Å²) < 4.78 is 0. The Morgan fingerprint density at radius 1 is 0.783 bits per heavy atom. The Hall–Kier alpha value is -0.0800. The number of nitrogens with zero attached hydrogens (tertiary/aromatic N) is 1. The zero-order valence-electron chi connectivity index (χ0n) is 15.2. The Balaban J connectivity index is 1.49. The lowest BCUT2D eigenvalue weighted by atomic mass is 9.66. The van der Waals surface area contributed by atoms with Gasteiger partial charge in [-0.05, 0) is 82.6 Å². The average molecular weight is 320 g/mol. The Labute approximate surface area is 143 Å². The molecular weight excluding hydrogens is 282 g/mol. The van der Waals surface area contributed by atoms with E-state index in [0.29, 0.717) is 11.8 Å². The van der Waals surface area contributed by atoms with Crippen LogP contribution in [0.2, 0.25) is 0 Å². The van der Waals surface area contributed by atoms with Gasteiger partial charge < -0.3 is 10.0 Å². The number of piperidine rings is 2. The Kier molecular flexibility index (Phi) is 4.75. The summed E-state index contributed by atoms with van der Waals surface area (Å²) in [6.07, 6.45) is 18.7. The largest absolute Gasteiger partial charge is 0.389 e. The maximum absolute atomic E-state index is 11.9. The molecule has 0 aromatic carbocycles. The van der Waals surface area contributed by atoms with E-state index in [4.69, 9.17) is 0 Å². The molecule has 2 nitrogen and oxygen atoms in total. The van der Waals surface area contributed by atoms with Crippen molar-refractivity contribution in [3.8, 4) is 0 Å². The van der Waals surface area contributed by atoms with Gasteiger partial charge >= 0.3 is 0 Å². The van der Waals surface area contributed by atoms with Gasteiger partial charge in [0.05, 0.1) is 5.60 Å². The minimum absolute atomic E-state index is 0.318. The summed E-state index contributed by atoms with van der Waals surface area (Å²) >= 11 is 0. The highest BCUT2D eigenvalue weighted by atomic mass is 16.3. The van der Waals surface area contributed by atoms with Crippen LogP contribution in [0.5, 0.6) is 0 Å². The summed E-state index contributed by atoms with van der Waals surface area (Å²) in [5, 5.41) is 11.9. The molecule has 2 heteroatoms. The van der Waals surface area contributed by atoms with Crippen LogP contribution in [0, 0.1) is 17.8 Å². The van der Waals surface area contributed by atoms with Crippen molar-refractivity contribution < 1.29 is 5.11 Å². The first-order valence-electron chi connectivity index (χ1n) is 10.6. The number of fused-ring (bicyclic) bond motifs is 2. The molecule has 3 atom stereocenters. The van der Waals surface area contributed by atoms with E-state index in [0.717, 1.165) is 24.4 Å². The molecule has 4 fully saturated rings. The van der Waals surface area contributed by atoms with Crippen LogP contribution in [-0.2, 0) is 0 Å². The third-order valence-electron chi connectivity index (χ3n) is 8.18. The van der Waals surface area contributed by atoms with Gasteiger partial charge in [0, 0.05) is 12.1 Å². The highest BCUT2D eigenvalue weighted by Crippen LogP contribution is 2.50. The van der Waals surface area contributed by atoms with E-state index in [1.807, 2.05) is 0 Å². The maximum atomic E-state index is 11.9. The molecule has 0 spiro atoms. The maximum Gasteiger partial charge on any atom is 0.0706 e. The normalized spacial score (nSPS) is 37.6. The molecule has 4 rings (SSSR count). The van der Waals surface area contributed by atoms with Gasteiger partial charge in [0.2, 0.25) is 0 Å². The van der Waals surface area contributed by atoms with Crippen LogP contribution < -0.4 is 0 Å². The molecule has 2 saturated heterocycles. The van der Waals surface area contributed by atoms with Crippen LogP contribution in [0.4, 0.5) is 0 Å². The molecule has 23 heavy (non-hydrogen) atoms. The van der Waals surface area contributed by atoms with E-state index in [1.54, 1.807) is 0 Å². The van der Waals surface area contributed by atoms with Crippen molar-refractivity contribution in [2.45, 2.75) is 108 Å². The van der Waals surface area contributed by atoms with Crippen LogP contribution in [0.1, 0.15) is 89.9 Å². The third-order valence-corrected chi connectivity index (χ3v) is 8.18. The van der Waals surface area contributed by atoms with Crippen molar-refractivity contribution in [1.29, 1.82) is 0 Å². The van der Waals surface area contributed by atoms with Gasteiger partial charge in [0.1, 0.15) is 0 Å². The smallest absolute Gasteiger partial charge is 0.0706 e. The van der Waals surface area contributed by atoms with Gasteiger partial charge in [-0.2, -0.15) is 0 Å². The predicted molar refractivity (Wildman–Crippen MR) is 95.4 cm³/mol. The molecule has 132 valence electrons. The fraction of sp³-hybridized carbons (Fsp3) is 1.00. The van der Waals surface area contributed by atoms with Crippen molar-refractivity contribution in [3.05, 3.63) is 0 Å². The molecule has 2 saturated carbocycles. The molecule has 1 N–H and O–H groups in total. The summed E-state index contributed by atoms with van der Waals surface area (Å²) in [5.74, 6) is 2.02. The topological polar surface area (TPSA) is 23.5 Å². The zero-order chi connectivity index (χ0) is 15.9. The lowest BCUT2D eigenvalue weighted by molar-refractivity contribution is -0.0965. The van der Waals surface area contributed by atoms with E-state index >= 15 is 0 Å². The van der Waals surface area contributed by atoms with Gasteiger partial charge in [0.25, 0.3) is 0 Å². The fourth-order valence-corrected chi connectivity index (χ4v) is 6.88. The SMILES string of the molecule is CN1[C@@H]2CCC[C@H]1C[C@@H](CC(O)(C1CCCC1)C1CCCC1)C2. The zero-order valence-corrected chi connectivity index (χ0v) is 15.2. The van der Waals surface area contributed by atoms with Crippen molar-refractivity contribution in [2.24, 2.45) is 17.8 Å². The lowest BCUT2D eigenvalue weighted by Crippen LogP contribution is -2.52.